The molecule has 0 N–H and O–H groups in total. The van der Waals surface area contributed by atoms with E-state index in [1.54, 1.807) is 0 Å². The fourth-order valence-corrected chi connectivity index (χ4v) is 4.15. The van der Waals surface area contributed by atoms with Crippen LogP contribution in [0.1, 0.15) is 31.2 Å². The first kappa shape index (κ1) is 26.1. The van der Waals surface area contributed by atoms with Gasteiger partial charge < -0.3 is 18.5 Å². The first-order valence-electron chi connectivity index (χ1n) is 12.9. The summed E-state index contributed by atoms with van der Waals surface area (Å²) < 4.78 is 24.6. The molecule has 0 bridgehead atoms. The molecule has 0 amide bonds. The Bertz CT molecular complexity index is 1400. The summed E-state index contributed by atoms with van der Waals surface area (Å²) >= 11 is 0. The van der Waals surface area contributed by atoms with E-state index in [-0.39, 0.29) is 0 Å². The van der Waals surface area contributed by atoms with Crippen molar-refractivity contribution in [2.24, 2.45) is 0 Å². The summed E-state index contributed by atoms with van der Waals surface area (Å²) in [6.07, 6.45) is 3.84. The quantitative estimate of drug-likeness (QED) is 0.211. The monoisotopic (exact) mass is 529 g/mol. The molecular weight excluding hydrogens is 498 g/mol. The summed E-state index contributed by atoms with van der Waals surface area (Å²) in [5.41, 5.74) is 2.66. The zero-order valence-electron chi connectivity index (χ0n) is 22.3. The Hall–Kier alpha value is -4.51. The van der Waals surface area contributed by atoms with Crippen LogP contribution in [-0.4, -0.2) is 54.7 Å². The summed E-state index contributed by atoms with van der Waals surface area (Å²) in [6.45, 7) is 9.06. The van der Waals surface area contributed by atoms with Gasteiger partial charge in [0.25, 0.3) is 0 Å². The van der Waals surface area contributed by atoms with E-state index in [4.69, 9.17) is 18.5 Å². The van der Waals surface area contributed by atoms with Gasteiger partial charge in [-0.05, 0) is 50.6 Å². The number of aryl methyl sites for hydroxylation is 1. The maximum Gasteiger partial charge on any atom is 0.241 e. The SMILES string of the molecule is CCOc1ccccc1-c1noc(CN(CCn2cc(C)cn2)Cc2nc(-c3ccccc3OCC)no2)n1. The Balaban J connectivity index is 1.35. The number of aromatic nitrogens is 6. The van der Waals surface area contributed by atoms with Crippen LogP contribution in [0.2, 0.25) is 0 Å². The third kappa shape index (κ3) is 6.50. The highest BCUT2D eigenvalue weighted by molar-refractivity contribution is 5.64. The number of hydrogen-bond donors (Lipinski definition) is 0. The van der Waals surface area contributed by atoms with Gasteiger partial charge in [-0.25, -0.2) is 0 Å². The lowest BCUT2D eigenvalue weighted by Gasteiger charge is -2.18. The van der Waals surface area contributed by atoms with E-state index in [2.05, 4.69) is 30.3 Å². The summed E-state index contributed by atoms with van der Waals surface area (Å²) in [7, 11) is 0. The number of hydrogen-bond acceptors (Lipinski definition) is 10. The van der Waals surface area contributed by atoms with Crippen molar-refractivity contribution in [3.63, 3.8) is 0 Å². The highest BCUT2D eigenvalue weighted by Crippen LogP contribution is 2.29. The van der Waals surface area contributed by atoms with Crippen molar-refractivity contribution in [1.82, 2.24) is 35.0 Å². The minimum Gasteiger partial charge on any atom is -0.493 e. The highest BCUT2D eigenvalue weighted by Gasteiger charge is 2.20. The van der Waals surface area contributed by atoms with Gasteiger partial charge in [0.1, 0.15) is 11.5 Å². The molecule has 11 nitrogen and oxygen atoms in total. The van der Waals surface area contributed by atoms with Crippen LogP contribution >= 0.6 is 0 Å². The fraction of sp³-hybridized carbons (Fsp3) is 0.321. The van der Waals surface area contributed by atoms with E-state index in [9.17, 15) is 0 Å². The van der Waals surface area contributed by atoms with Gasteiger partial charge >= 0.3 is 0 Å². The topological polar surface area (TPSA) is 117 Å². The first-order chi connectivity index (χ1) is 19.1. The molecule has 0 aliphatic rings. The maximum absolute atomic E-state index is 5.73. The van der Waals surface area contributed by atoms with E-state index < -0.39 is 0 Å². The van der Waals surface area contributed by atoms with Crippen molar-refractivity contribution in [3.8, 4) is 34.3 Å². The fourth-order valence-electron chi connectivity index (χ4n) is 4.15. The van der Waals surface area contributed by atoms with E-state index >= 15 is 0 Å². The highest BCUT2D eigenvalue weighted by atomic mass is 16.5. The van der Waals surface area contributed by atoms with Crippen LogP contribution in [0.3, 0.4) is 0 Å². The van der Waals surface area contributed by atoms with Gasteiger partial charge in [0.15, 0.2) is 0 Å². The largest absolute Gasteiger partial charge is 0.493 e. The molecule has 3 aromatic heterocycles. The third-order valence-corrected chi connectivity index (χ3v) is 5.92. The molecule has 2 aromatic carbocycles. The summed E-state index contributed by atoms with van der Waals surface area (Å²) in [4.78, 5) is 11.4. The molecule has 0 saturated heterocycles. The molecule has 202 valence electrons. The van der Waals surface area contributed by atoms with Crippen molar-refractivity contribution in [2.45, 2.75) is 40.4 Å². The Morgan fingerprint density at radius 3 is 1.82 bits per heavy atom. The van der Waals surface area contributed by atoms with E-state index in [1.807, 2.05) is 86.4 Å². The number of rotatable bonds is 13. The van der Waals surface area contributed by atoms with Crippen LogP contribution in [0.5, 0.6) is 11.5 Å². The van der Waals surface area contributed by atoms with Crippen molar-refractivity contribution in [3.05, 3.63) is 78.3 Å². The number of benzene rings is 2. The lowest BCUT2D eigenvalue weighted by atomic mass is 10.2. The van der Waals surface area contributed by atoms with E-state index in [1.165, 1.54) is 0 Å². The van der Waals surface area contributed by atoms with E-state index in [0.29, 0.717) is 74.3 Å². The van der Waals surface area contributed by atoms with Gasteiger partial charge in [0.05, 0.1) is 50.2 Å². The van der Waals surface area contributed by atoms with Crippen molar-refractivity contribution >= 4 is 0 Å². The first-order valence-corrected chi connectivity index (χ1v) is 12.9. The summed E-state index contributed by atoms with van der Waals surface area (Å²) in [5, 5.41) is 12.8. The average Bonchev–Trinajstić information content (AvgIpc) is 3.70. The predicted molar refractivity (Wildman–Crippen MR) is 143 cm³/mol. The van der Waals surface area contributed by atoms with Crippen LogP contribution in [0.15, 0.2) is 70.0 Å². The normalized spacial score (nSPS) is 11.3. The molecular formula is C28H31N7O4. The molecule has 0 aliphatic heterocycles. The minimum atomic E-state index is 0.386. The van der Waals surface area contributed by atoms with Crippen LogP contribution in [-0.2, 0) is 19.6 Å². The molecule has 0 radical (unpaired) electrons. The van der Waals surface area contributed by atoms with Gasteiger partial charge in [-0.2, -0.15) is 15.1 Å². The molecule has 0 unspecified atom stereocenters. The van der Waals surface area contributed by atoms with Crippen LogP contribution in [0.25, 0.3) is 22.8 Å². The van der Waals surface area contributed by atoms with Crippen LogP contribution in [0.4, 0.5) is 0 Å². The molecule has 0 atom stereocenters. The smallest absolute Gasteiger partial charge is 0.241 e. The number of nitrogens with zero attached hydrogens (tertiary/aromatic N) is 7. The second kappa shape index (κ2) is 12.4. The molecule has 5 rings (SSSR count). The van der Waals surface area contributed by atoms with E-state index in [0.717, 1.165) is 16.7 Å². The summed E-state index contributed by atoms with van der Waals surface area (Å²) in [5.74, 6) is 3.31. The zero-order chi connectivity index (χ0) is 27.0. The van der Waals surface area contributed by atoms with Gasteiger partial charge in [-0.3, -0.25) is 9.58 Å². The van der Waals surface area contributed by atoms with Crippen molar-refractivity contribution in [2.75, 3.05) is 19.8 Å². The Labute approximate surface area is 226 Å². The van der Waals surface area contributed by atoms with Crippen molar-refractivity contribution in [1.29, 1.82) is 0 Å². The zero-order valence-corrected chi connectivity index (χ0v) is 22.3. The van der Waals surface area contributed by atoms with Crippen molar-refractivity contribution < 1.29 is 18.5 Å². The molecule has 3 heterocycles. The van der Waals surface area contributed by atoms with Gasteiger partial charge in [-0.1, -0.05) is 34.6 Å². The Morgan fingerprint density at radius 1 is 0.795 bits per heavy atom. The minimum absolute atomic E-state index is 0.386. The number of ether oxygens (including phenoxy) is 2. The van der Waals surface area contributed by atoms with Crippen LogP contribution < -0.4 is 9.47 Å². The molecule has 11 heteroatoms. The molecule has 0 fully saturated rings. The predicted octanol–water partition coefficient (Wildman–Crippen LogP) is 4.79. The molecule has 0 saturated carbocycles. The molecule has 5 aromatic rings. The Morgan fingerprint density at radius 2 is 1.33 bits per heavy atom. The average molecular weight is 530 g/mol. The second-order valence-electron chi connectivity index (χ2n) is 8.87. The lowest BCUT2D eigenvalue weighted by Crippen LogP contribution is -2.27. The standard InChI is InChI=1S/C28H31N7O4/c1-4-36-23-12-8-6-10-21(23)27-30-25(38-32-27)18-34(14-15-35-17-20(3)16-29-35)19-26-31-28(33-39-26)22-11-7-9-13-24(22)37-5-2/h6-13,16-17H,4-5,14-15,18-19H2,1-3H3. The maximum atomic E-state index is 5.73. The van der Waals surface area contributed by atoms with Gasteiger partial charge in [-0.15, -0.1) is 0 Å². The molecule has 39 heavy (non-hydrogen) atoms. The lowest BCUT2D eigenvalue weighted by molar-refractivity contribution is 0.185. The Kier molecular flexibility index (Phi) is 8.27. The molecule has 0 aliphatic carbocycles. The second-order valence-corrected chi connectivity index (χ2v) is 8.87. The summed E-state index contributed by atoms with van der Waals surface area (Å²) in [6, 6.07) is 15.3. The van der Waals surface area contributed by atoms with Gasteiger partial charge in [0, 0.05) is 12.7 Å². The third-order valence-electron chi connectivity index (χ3n) is 5.92. The van der Waals surface area contributed by atoms with Gasteiger partial charge in [0.2, 0.25) is 23.4 Å². The van der Waals surface area contributed by atoms with Crippen LogP contribution in [0, 0.1) is 6.92 Å². The number of para-hydroxylation sites is 2. The molecule has 0 spiro atoms.